The lowest BCUT2D eigenvalue weighted by Crippen LogP contribution is -2.32. The molecule has 2 aliphatic heterocycles. The molecule has 2 aliphatic rings. The Bertz CT molecular complexity index is 1230. The van der Waals surface area contributed by atoms with E-state index in [1.165, 1.54) is 32.4 Å². The van der Waals surface area contributed by atoms with E-state index in [2.05, 4.69) is 50.4 Å². The van der Waals surface area contributed by atoms with Crippen LogP contribution in [0.5, 0.6) is 11.5 Å². The third-order valence-electron chi connectivity index (χ3n) is 6.94. The van der Waals surface area contributed by atoms with Crippen molar-refractivity contribution in [1.82, 2.24) is 19.9 Å². The molecule has 5 rings (SSSR count). The molecule has 0 radical (unpaired) electrons. The van der Waals surface area contributed by atoms with Gasteiger partial charge in [0.2, 0.25) is 5.95 Å². The summed E-state index contributed by atoms with van der Waals surface area (Å²) in [7, 11) is 1.65. The number of benzene rings is 1. The molecule has 1 saturated heterocycles. The Labute approximate surface area is 225 Å². The van der Waals surface area contributed by atoms with Crippen LogP contribution in [0.4, 0.5) is 23.1 Å². The van der Waals surface area contributed by atoms with E-state index < -0.39 is 0 Å². The van der Waals surface area contributed by atoms with E-state index >= 15 is 0 Å². The monoisotopic (exact) mass is 518 g/mol. The van der Waals surface area contributed by atoms with Crippen molar-refractivity contribution in [2.24, 2.45) is 0 Å². The smallest absolute Gasteiger partial charge is 0.229 e. The Hall–Kier alpha value is -3.43. The number of hydrogen-bond acceptors (Lipinski definition) is 9. The topological polar surface area (TPSA) is 93.7 Å². The molecule has 2 aromatic heterocycles. The number of hydrogen-bond donors (Lipinski definition) is 2. The summed E-state index contributed by atoms with van der Waals surface area (Å²) in [5.74, 6) is 2.55. The summed E-state index contributed by atoms with van der Waals surface area (Å²) in [6.07, 6.45) is 9.34. The molecule has 1 fully saturated rings. The quantitative estimate of drug-likeness (QED) is 0.339. The molecule has 0 spiro atoms. The first kappa shape index (κ1) is 26.2. The molecular formula is C29H38N6O3. The van der Waals surface area contributed by atoms with Crippen molar-refractivity contribution < 1.29 is 14.2 Å². The van der Waals surface area contributed by atoms with Crippen LogP contribution < -0.4 is 20.1 Å². The molecule has 0 atom stereocenters. The highest BCUT2D eigenvalue weighted by Gasteiger charge is 2.27. The van der Waals surface area contributed by atoms with E-state index in [4.69, 9.17) is 14.2 Å². The Morgan fingerprint density at radius 3 is 2.71 bits per heavy atom. The summed E-state index contributed by atoms with van der Waals surface area (Å²) in [6, 6.07) is 9.67. The zero-order valence-electron chi connectivity index (χ0n) is 22.6. The van der Waals surface area contributed by atoms with Gasteiger partial charge in [-0.25, -0.2) is 4.98 Å². The van der Waals surface area contributed by atoms with Crippen LogP contribution in [0.1, 0.15) is 50.8 Å². The highest BCUT2D eigenvalue weighted by atomic mass is 16.5. The molecular weight excluding hydrogens is 480 g/mol. The van der Waals surface area contributed by atoms with Gasteiger partial charge in [-0.05, 0) is 70.5 Å². The van der Waals surface area contributed by atoms with E-state index in [9.17, 15) is 0 Å². The number of nitrogens with zero attached hydrogens (tertiary/aromatic N) is 4. The van der Waals surface area contributed by atoms with Crippen molar-refractivity contribution in [3.8, 4) is 11.5 Å². The number of rotatable bonds is 10. The minimum absolute atomic E-state index is 0.179. The number of piperidine rings is 1. The predicted molar refractivity (Wildman–Crippen MR) is 149 cm³/mol. The highest BCUT2D eigenvalue weighted by molar-refractivity contribution is 5.62. The lowest BCUT2D eigenvalue weighted by molar-refractivity contribution is -0.0412. The predicted octanol–water partition coefficient (Wildman–Crippen LogP) is 5.47. The lowest BCUT2D eigenvalue weighted by Gasteiger charge is -2.31. The van der Waals surface area contributed by atoms with Gasteiger partial charge >= 0.3 is 0 Å². The van der Waals surface area contributed by atoms with Crippen molar-refractivity contribution in [3.63, 3.8) is 0 Å². The number of likely N-dealkylation sites (tertiary alicyclic amines) is 1. The van der Waals surface area contributed by atoms with Gasteiger partial charge in [0, 0.05) is 42.2 Å². The second-order valence-corrected chi connectivity index (χ2v) is 10.5. The molecule has 0 aliphatic carbocycles. The van der Waals surface area contributed by atoms with E-state index in [1.54, 1.807) is 13.3 Å². The molecule has 0 amide bonds. The summed E-state index contributed by atoms with van der Waals surface area (Å²) < 4.78 is 17.5. The maximum Gasteiger partial charge on any atom is 0.229 e. The fourth-order valence-corrected chi connectivity index (χ4v) is 4.90. The van der Waals surface area contributed by atoms with E-state index in [1.807, 2.05) is 30.5 Å². The second kappa shape index (κ2) is 12.0. The van der Waals surface area contributed by atoms with Gasteiger partial charge in [-0.1, -0.05) is 6.42 Å². The van der Waals surface area contributed by atoms with Crippen LogP contribution in [0.3, 0.4) is 0 Å². The van der Waals surface area contributed by atoms with Crippen LogP contribution in [-0.2, 0) is 17.8 Å². The van der Waals surface area contributed by atoms with E-state index in [0.29, 0.717) is 30.7 Å². The molecule has 2 N–H and O–H groups in total. The van der Waals surface area contributed by atoms with Crippen molar-refractivity contribution >= 4 is 23.1 Å². The van der Waals surface area contributed by atoms with Crippen molar-refractivity contribution in [1.29, 1.82) is 0 Å². The van der Waals surface area contributed by atoms with Gasteiger partial charge in [0.25, 0.3) is 0 Å². The summed E-state index contributed by atoms with van der Waals surface area (Å²) in [4.78, 5) is 16.2. The van der Waals surface area contributed by atoms with Crippen LogP contribution in [0.2, 0.25) is 0 Å². The largest absolute Gasteiger partial charge is 0.493 e. The average molecular weight is 519 g/mol. The molecule has 38 heavy (non-hydrogen) atoms. The number of ether oxygens (including phenoxy) is 3. The molecule has 9 heteroatoms. The van der Waals surface area contributed by atoms with Crippen LogP contribution in [-0.4, -0.2) is 58.8 Å². The zero-order chi connectivity index (χ0) is 26.4. The number of anilines is 4. The second-order valence-electron chi connectivity index (χ2n) is 10.5. The zero-order valence-corrected chi connectivity index (χ0v) is 22.6. The molecule has 3 aromatic rings. The van der Waals surface area contributed by atoms with E-state index in [0.717, 1.165) is 47.8 Å². The summed E-state index contributed by atoms with van der Waals surface area (Å²) in [5.41, 5.74) is 3.68. The third kappa shape index (κ3) is 6.90. The molecule has 4 heterocycles. The van der Waals surface area contributed by atoms with Crippen LogP contribution in [0.15, 0.2) is 42.7 Å². The Kier molecular flexibility index (Phi) is 8.24. The molecule has 1 aromatic carbocycles. The molecule has 0 saturated carbocycles. The van der Waals surface area contributed by atoms with Crippen LogP contribution in [0, 0.1) is 0 Å². The maximum absolute atomic E-state index is 6.03. The van der Waals surface area contributed by atoms with E-state index in [-0.39, 0.29) is 5.60 Å². The number of nitrogens with one attached hydrogen (secondary N) is 2. The summed E-state index contributed by atoms with van der Waals surface area (Å²) >= 11 is 0. The molecule has 0 unspecified atom stereocenters. The SMILES string of the molecule is COc1cc(Nc2nccc(Nc3cnc4c(c3)COC(C)(C)C4)n2)ccc1OCCCN1CCCCC1. The molecule has 0 bridgehead atoms. The van der Waals surface area contributed by atoms with Gasteiger partial charge in [0.15, 0.2) is 11.5 Å². The Morgan fingerprint density at radius 2 is 1.87 bits per heavy atom. The average Bonchev–Trinajstić information content (AvgIpc) is 2.92. The minimum atomic E-state index is -0.179. The normalized spacial score (nSPS) is 16.9. The third-order valence-corrected chi connectivity index (χ3v) is 6.94. The first-order chi connectivity index (χ1) is 18.5. The fraction of sp³-hybridized carbons (Fsp3) is 0.483. The van der Waals surface area contributed by atoms with Crippen molar-refractivity contribution in [2.45, 2.75) is 58.2 Å². The lowest BCUT2D eigenvalue weighted by atomic mass is 9.96. The van der Waals surface area contributed by atoms with Gasteiger partial charge in [0.05, 0.1) is 37.8 Å². The number of methoxy groups -OCH3 is 1. The number of aromatic nitrogens is 3. The van der Waals surface area contributed by atoms with Gasteiger partial charge in [-0.3, -0.25) is 4.98 Å². The van der Waals surface area contributed by atoms with Crippen molar-refractivity contribution in [2.75, 3.05) is 44.0 Å². The van der Waals surface area contributed by atoms with Gasteiger partial charge in [0.1, 0.15) is 5.82 Å². The van der Waals surface area contributed by atoms with Gasteiger partial charge in [-0.2, -0.15) is 4.98 Å². The van der Waals surface area contributed by atoms with Gasteiger partial charge in [-0.15, -0.1) is 0 Å². The van der Waals surface area contributed by atoms with Crippen LogP contribution >= 0.6 is 0 Å². The minimum Gasteiger partial charge on any atom is -0.493 e. The fourth-order valence-electron chi connectivity index (χ4n) is 4.90. The number of fused-ring (bicyclic) bond motifs is 1. The first-order valence-electron chi connectivity index (χ1n) is 13.5. The summed E-state index contributed by atoms with van der Waals surface area (Å²) in [5, 5.41) is 6.59. The standard InChI is InChI=1S/C29H38N6O3/c1-29(2)18-24-21(20-38-29)16-23(19-31-24)32-27-10-11-30-28(34-27)33-22-8-9-25(26(17-22)36-3)37-15-7-14-35-12-5-4-6-13-35/h8-11,16-17,19H,4-7,12-15,18,20H2,1-3H3,(H2,30,32,33,34). The number of pyridine rings is 1. The van der Waals surface area contributed by atoms with Crippen molar-refractivity contribution in [3.05, 3.63) is 54.0 Å². The highest BCUT2D eigenvalue weighted by Crippen LogP contribution is 2.32. The summed E-state index contributed by atoms with van der Waals surface area (Å²) in [6.45, 7) is 8.90. The maximum atomic E-state index is 6.03. The van der Waals surface area contributed by atoms with Gasteiger partial charge < -0.3 is 29.7 Å². The Balaban J connectivity index is 1.17. The Morgan fingerprint density at radius 1 is 1.00 bits per heavy atom. The molecule has 202 valence electrons. The molecule has 9 nitrogen and oxygen atoms in total. The van der Waals surface area contributed by atoms with Crippen LogP contribution in [0.25, 0.3) is 0 Å². The first-order valence-corrected chi connectivity index (χ1v) is 13.5.